The topological polar surface area (TPSA) is 68.4 Å². The van der Waals surface area contributed by atoms with Crippen LogP contribution in [0.15, 0.2) is 36.7 Å². The lowest BCUT2D eigenvalue weighted by Gasteiger charge is -2.34. The van der Waals surface area contributed by atoms with E-state index in [9.17, 15) is 4.79 Å². The van der Waals surface area contributed by atoms with E-state index >= 15 is 0 Å². The number of hydrogen-bond acceptors (Lipinski definition) is 5. The van der Waals surface area contributed by atoms with E-state index < -0.39 is 0 Å². The van der Waals surface area contributed by atoms with Crippen molar-refractivity contribution >= 4 is 5.91 Å². The fourth-order valence-electron chi connectivity index (χ4n) is 4.09. The number of aromatic nitrogens is 4. The third-order valence-corrected chi connectivity index (χ3v) is 5.84. The fraction of sp³-hybridized carbons (Fsp3) is 0.458. The number of nitrogens with zero attached hydrogens (tertiary/aromatic N) is 6. The number of hydrogen-bond donors (Lipinski definition) is 0. The van der Waals surface area contributed by atoms with E-state index in [4.69, 9.17) is 4.74 Å². The van der Waals surface area contributed by atoms with Gasteiger partial charge < -0.3 is 9.64 Å². The van der Waals surface area contributed by atoms with E-state index in [1.807, 2.05) is 35.6 Å². The fourth-order valence-corrected chi connectivity index (χ4v) is 4.09. The van der Waals surface area contributed by atoms with Gasteiger partial charge >= 0.3 is 0 Å². The molecule has 0 radical (unpaired) electrons. The van der Waals surface area contributed by atoms with Crippen LogP contribution in [0.1, 0.15) is 39.8 Å². The standard InChI is InChI=1S/C24H32N6O2/c1-5-29-16-21(20(4)25-29)15-27-8-10-28(11-9-27)24(31)23-6-7-30(26-23)17-32-22-13-18(2)12-19(3)14-22/h6-7,12-14,16H,5,8-11,15,17H2,1-4H3. The van der Waals surface area contributed by atoms with Gasteiger partial charge in [0.1, 0.15) is 5.75 Å². The van der Waals surface area contributed by atoms with Crippen LogP contribution >= 0.6 is 0 Å². The number of carbonyl (C=O) groups excluding carboxylic acids is 1. The smallest absolute Gasteiger partial charge is 0.274 e. The van der Waals surface area contributed by atoms with Gasteiger partial charge in [0.15, 0.2) is 12.4 Å². The molecular formula is C24H32N6O2. The number of ether oxygens (including phenoxy) is 1. The van der Waals surface area contributed by atoms with Crippen LogP contribution in [-0.4, -0.2) is 61.4 Å². The predicted octanol–water partition coefficient (Wildman–Crippen LogP) is 3.02. The first kappa shape index (κ1) is 22.1. The number of rotatable bonds is 7. The Balaban J connectivity index is 1.29. The molecule has 0 N–H and O–H groups in total. The summed E-state index contributed by atoms with van der Waals surface area (Å²) in [5.74, 6) is 0.784. The summed E-state index contributed by atoms with van der Waals surface area (Å²) < 4.78 is 9.48. The van der Waals surface area contributed by atoms with Crippen molar-refractivity contribution in [2.24, 2.45) is 0 Å². The Morgan fingerprint density at radius 2 is 1.72 bits per heavy atom. The molecule has 0 unspecified atom stereocenters. The summed E-state index contributed by atoms with van der Waals surface area (Å²) in [4.78, 5) is 17.2. The van der Waals surface area contributed by atoms with E-state index in [0.717, 1.165) is 48.7 Å². The second kappa shape index (κ2) is 9.56. The van der Waals surface area contributed by atoms with Gasteiger partial charge in [-0.2, -0.15) is 10.2 Å². The monoisotopic (exact) mass is 436 g/mol. The maximum Gasteiger partial charge on any atom is 0.274 e. The number of benzene rings is 1. The Kier molecular flexibility index (Phi) is 6.60. The Bertz CT molecular complexity index is 1060. The third kappa shape index (κ3) is 5.19. The van der Waals surface area contributed by atoms with Crippen LogP contribution < -0.4 is 4.74 Å². The van der Waals surface area contributed by atoms with E-state index in [2.05, 4.69) is 41.2 Å². The van der Waals surface area contributed by atoms with Gasteiger partial charge in [0.25, 0.3) is 5.91 Å². The zero-order valence-electron chi connectivity index (χ0n) is 19.4. The van der Waals surface area contributed by atoms with Crippen molar-refractivity contribution in [1.29, 1.82) is 0 Å². The highest BCUT2D eigenvalue weighted by Gasteiger charge is 2.24. The Morgan fingerprint density at radius 1 is 1.00 bits per heavy atom. The molecule has 0 atom stereocenters. The molecule has 0 spiro atoms. The normalized spacial score (nSPS) is 14.7. The van der Waals surface area contributed by atoms with Crippen molar-refractivity contribution in [2.45, 2.75) is 47.5 Å². The van der Waals surface area contributed by atoms with E-state index in [1.54, 1.807) is 16.9 Å². The van der Waals surface area contributed by atoms with E-state index in [-0.39, 0.29) is 12.6 Å². The molecule has 1 aliphatic heterocycles. The maximum atomic E-state index is 12.9. The molecule has 2 aromatic heterocycles. The lowest BCUT2D eigenvalue weighted by atomic mass is 10.1. The highest BCUT2D eigenvalue weighted by molar-refractivity contribution is 5.92. The minimum absolute atomic E-state index is 0.0233. The molecule has 0 aliphatic carbocycles. The van der Waals surface area contributed by atoms with Crippen molar-refractivity contribution in [3.05, 3.63) is 64.7 Å². The maximum absolute atomic E-state index is 12.9. The first-order valence-electron chi connectivity index (χ1n) is 11.2. The van der Waals surface area contributed by atoms with Crippen LogP contribution in [0.25, 0.3) is 0 Å². The molecule has 4 rings (SSSR count). The molecule has 3 heterocycles. The Morgan fingerprint density at radius 3 is 2.38 bits per heavy atom. The summed E-state index contributed by atoms with van der Waals surface area (Å²) in [5, 5.41) is 8.96. The summed E-state index contributed by atoms with van der Waals surface area (Å²) >= 11 is 0. The number of piperazine rings is 1. The molecule has 8 nitrogen and oxygen atoms in total. The lowest BCUT2D eigenvalue weighted by Crippen LogP contribution is -2.48. The molecule has 1 aromatic carbocycles. The molecule has 0 saturated carbocycles. The number of carbonyl (C=O) groups is 1. The zero-order chi connectivity index (χ0) is 22.7. The first-order valence-corrected chi connectivity index (χ1v) is 11.2. The summed E-state index contributed by atoms with van der Waals surface area (Å²) in [6.07, 6.45) is 3.92. The van der Waals surface area contributed by atoms with Gasteiger partial charge in [0.2, 0.25) is 0 Å². The van der Waals surface area contributed by atoms with Crippen molar-refractivity contribution in [1.82, 2.24) is 29.4 Å². The summed E-state index contributed by atoms with van der Waals surface area (Å²) in [7, 11) is 0. The van der Waals surface area contributed by atoms with Crippen LogP contribution in [0.5, 0.6) is 5.75 Å². The summed E-state index contributed by atoms with van der Waals surface area (Å²) in [5.41, 5.74) is 5.12. The number of aryl methyl sites for hydroxylation is 4. The predicted molar refractivity (Wildman–Crippen MR) is 123 cm³/mol. The molecule has 170 valence electrons. The summed E-state index contributed by atoms with van der Waals surface area (Å²) in [6.45, 7) is 13.4. The summed E-state index contributed by atoms with van der Waals surface area (Å²) in [6, 6.07) is 7.87. The van der Waals surface area contributed by atoms with Gasteiger partial charge in [0, 0.05) is 57.2 Å². The van der Waals surface area contributed by atoms with Gasteiger partial charge in [-0.1, -0.05) is 6.07 Å². The second-order valence-corrected chi connectivity index (χ2v) is 8.50. The quantitative estimate of drug-likeness (QED) is 0.570. The average molecular weight is 437 g/mol. The van der Waals surface area contributed by atoms with E-state index in [0.29, 0.717) is 18.8 Å². The largest absolute Gasteiger partial charge is 0.471 e. The van der Waals surface area contributed by atoms with Crippen molar-refractivity contribution < 1.29 is 9.53 Å². The molecule has 1 amide bonds. The molecule has 3 aromatic rings. The Labute approximate surface area is 189 Å². The highest BCUT2D eigenvalue weighted by atomic mass is 16.5. The minimum Gasteiger partial charge on any atom is -0.471 e. The Hall–Kier alpha value is -3.13. The third-order valence-electron chi connectivity index (χ3n) is 5.84. The molecule has 32 heavy (non-hydrogen) atoms. The van der Waals surface area contributed by atoms with Gasteiger partial charge in [0.05, 0.1) is 5.69 Å². The van der Waals surface area contributed by atoms with Gasteiger partial charge in [-0.25, -0.2) is 4.68 Å². The van der Waals surface area contributed by atoms with Crippen LogP contribution in [0.2, 0.25) is 0 Å². The minimum atomic E-state index is -0.0233. The molecule has 1 saturated heterocycles. The van der Waals surface area contributed by atoms with Gasteiger partial charge in [-0.3, -0.25) is 14.4 Å². The molecule has 1 fully saturated rings. The van der Waals surface area contributed by atoms with Gasteiger partial charge in [-0.15, -0.1) is 0 Å². The highest BCUT2D eigenvalue weighted by Crippen LogP contribution is 2.17. The average Bonchev–Trinajstić information content (AvgIpc) is 3.38. The SMILES string of the molecule is CCn1cc(CN2CCN(C(=O)c3ccn(COc4cc(C)cc(C)c4)n3)CC2)c(C)n1. The van der Waals surface area contributed by atoms with Crippen molar-refractivity contribution in [3.8, 4) is 5.75 Å². The zero-order valence-corrected chi connectivity index (χ0v) is 19.4. The van der Waals surface area contributed by atoms with Gasteiger partial charge in [-0.05, 0) is 57.0 Å². The van der Waals surface area contributed by atoms with Crippen LogP contribution in [0, 0.1) is 20.8 Å². The molecule has 1 aliphatic rings. The first-order chi connectivity index (χ1) is 15.4. The van der Waals surface area contributed by atoms with Crippen LogP contribution in [0.4, 0.5) is 0 Å². The molecule has 0 bridgehead atoms. The van der Waals surface area contributed by atoms with Crippen molar-refractivity contribution in [3.63, 3.8) is 0 Å². The van der Waals surface area contributed by atoms with E-state index in [1.165, 1.54) is 5.56 Å². The lowest BCUT2D eigenvalue weighted by molar-refractivity contribution is 0.0620. The molecule has 8 heteroatoms. The second-order valence-electron chi connectivity index (χ2n) is 8.50. The van der Waals surface area contributed by atoms with Crippen molar-refractivity contribution in [2.75, 3.05) is 26.2 Å². The molecular weight excluding hydrogens is 404 g/mol. The number of amides is 1. The van der Waals surface area contributed by atoms with Crippen LogP contribution in [0.3, 0.4) is 0 Å². The van der Waals surface area contributed by atoms with Crippen LogP contribution in [-0.2, 0) is 19.8 Å².